The Labute approximate surface area is 133 Å². The topological polar surface area (TPSA) is 38.8 Å². The summed E-state index contributed by atoms with van der Waals surface area (Å²) < 4.78 is 46.3. The lowest BCUT2D eigenvalue weighted by Crippen LogP contribution is -2.37. The average molecular weight is 331 g/mol. The second-order valence-electron chi connectivity index (χ2n) is 6.43. The predicted molar refractivity (Wildman–Crippen MR) is 79.6 cm³/mol. The second kappa shape index (κ2) is 6.29. The van der Waals surface area contributed by atoms with Gasteiger partial charge in [-0.3, -0.25) is 4.90 Å². The van der Waals surface area contributed by atoms with Gasteiger partial charge in [0.05, 0.1) is 5.69 Å². The molecule has 0 aromatic heterocycles. The van der Waals surface area contributed by atoms with Gasteiger partial charge in [-0.2, -0.15) is 0 Å². The van der Waals surface area contributed by atoms with Crippen LogP contribution in [0.1, 0.15) is 39.2 Å². The highest BCUT2D eigenvalue weighted by Gasteiger charge is 2.32. The number of hydrogen-bond acceptors (Lipinski definition) is 3. The molecular weight excluding hydrogens is 311 g/mol. The third kappa shape index (κ3) is 5.04. The zero-order valence-corrected chi connectivity index (χ0v) is 13.4. The fourth-order valence-electron chi connectivity index (χ4n) is 2.44. The first kappa shape index (κ1) is 17.4. The highest BCUT2D eigenvalue weighted by atomic mass is 19.4. The molecular formula is C16H20F3NO3. The van der Waals surface area contributed by atoms with Crippen molar-refractivity contribution >= 4 is 11.8 Å². The van der Waals surface area contributed by atoms with Crippen LogP contribution in [-0.4, -0.2) is 24.6 Å². The van der Waals surface area contributed by atoms with Crippen LogP contribution in [0.2, 0.25) is 0 Å². The molecule has 0 spiro atoms. The van der Waals surface area contributed by atoms with Gasteiger partial charge in [0.2, 0.25) is 0 Å². The molecule has 1 heterocycles. The first-order valence-corrected chi connectivity index (χ1v) is 7.44. The van der Waals surface area contributed by atoms with E-state index in [2.05, 4.69) is 4.74 Å². The van der Waals surface area contributed by atoms with Crippen molar-refractivity contribution in [2.24, 2.45) is 0 Å². The number of ether oxygens (including phenoxy) is 2. The fraction of sp³-hybridized carbons (Fsp3) is 0.562. The average Bonchev–Trinajstić information content (AvgIpc) is 2.56. The van der Waals surface area contributed by atoms with Gasteiger partial charge >= 0.3 is 12.5 Å². The van der Waals surface area contributed by atoms with Crippen molar-refractivity contribution in [1.82, 2.24) is 0 Å². The Morgan fingerprint density at radius 1 is 1.17 bits per heavy atom. The largest absolute Gasteiger partial charge is 0.573 e. The number of rotatable bonds is 1. The molecule has 1 aliphatic heterocycles. The highest BCUT2D eigenvalue weighted by Crippen LogP contribution is 2.33. The number of benzene rings is 1. The maximum Gasteiger partial charge on any atom is 0.573 e. The summed E-state index contributed by atoms with van der Waals surface area (Å²) in [4.78, 5) is 13.8. The number of carbonyl (C=O) groups excluding carboxylic acids is 1. The van der Waals surface area contributed by atoms with E-state index in [9.17, 15) is 18.0 Å². The van der Waals surface area contributed by atoms with E-state index in [-0.39, 0.29) is 5.75 Å². The molecule has 128 valence electrons. The number of nitrogens with zero attached hydrogens (tertiary/aromatic N) is 1. The Morgan fingerprint density at radius 2 is 1.87 bits per heavy atom. The molecule has 0 saturated heterocycles. The zero-order valence-electron chi connectivity index (χ0n) is 13.4. The lowest BCUT2D eigenvalue weighted by Gasteiger charge is -2.27. The number of alkyl halides is 3. The lowest BCUT2D eigenvalue weighted by atomic mass is 10.1. The molecule has 0 atom stereocenters. The van der Waals surface area contributed by atoms with E-state index < -0.39 is 18.1 Å². The van der Waals surface area contributed by atoms with Gasteiger partial charge in [-0.1, -0.05) is 0 Å². The summed E-state index contributed by atoms with van der Waals surface area (Å²) in [6, 6.07) is 4.03. The van der Waals surface area contributed by atoms with Crippen LogP contribution in [0, 0.1) is 0 Å². The number of halogens is 3. The van der Waals surface area contributed by atoms with E-state index in [4.69, 9.17) is 4.74 Å². The monoisotopic (exact) mass is 331 g/mol. The standard InChI is InChI=1S/C16H20F3NO3/c1-15(2,3)23-14(21)20-9-5-4-6-11-10-12(7-8-13(11)20)22-16(17,18)19/h7-8,10H,4-6,9H2,1-3H3. The zero-order chi connectivity index (χ0) is 17.3. The minimum absolute atomic E-state index is 0.276. The summed E-state index contributed by atoms with van der Waals surface area (Å²) in [6.07, 6.45) is -3.11. The van der Waals surface area contributed by atoms with Crippen molar-refractivity contribution in [2.45, 2.75) is 52.0 Å². The van der Waals surface area contributed by atoms with E-state index in [0.717, 1.165) is 12.8 Å². The normalized spacial score (nSPS) is 15.7. The van der Waals surface area contributed by atoms with Crippen molar-refractivity contribution in [1.29, 1.82) is 0 Å². The second-order valence-corrected chi connectivity index (χ2v) is 6.43. The molecule has 1 aliphatic rings. The molecule has 0 radical (unpaired) electrons. The van der Waals surface area contributed by atoms with E-state index >= 15 is 0 Å². The summed E-state index contributed by atoms with van der Waals surface area (Å²) in [5.41, 5.74) is 0.587. The van der Waals surface area contributed by atoms with E-state index in [1.54, 1.807) is 20.8 Å². The molecule has 23 heavy (non-hydrogen) atoms. The van der Waals surface area contributed by atoms with Crippen molar-refractivity contribution < 1.29 is 27.4 Å². The van der Waals surface area contributed by atoms with Crippen LogP contribution in [-0.2, 0) is 11.2 Å². The van der Waals surface area contributed by atoms with Crippen LogP contribution in [0.25, 0.3) is 0 Å². The molecule has 1 amide bonds. The molecule has 7 heteroatoms. The van der Waals surface area contributed by atoms with Crippen LogP contribution >= 0.6 is 0 Å². The SMILES string of the molecule is CC(C)(C)OC(=O)N1CCCCc2cc(OC(F)(F)F)ccc21. The Morgan fingerprint density at radius 3 is 2.48 bits per heavy atom. The van der Waals surface area contributed by atoms with Gasteiger partial charge in [0, 0.05) is 6.54 Å². The Bertz CT molecular complexity index is 579. The molecule has 4 nitrogen and oxygen atoms in total. The van der Waals surface area contributed by atoms with Gasteiger partial charge in [0.1, 0.15) is 11.4 Å². The summed E-state index contributed by atoms with van der Waals surface area (Å²) in [5.74, 6) is -0.276. The molecule has 0 unspecified atom stereocenters. The molecule has 0 bridgehead atoms. The highest BCUT2D eigenvalue weighted by molar-refractivity contribution is 5.89. The fourth-order valence-corrected chi connectivity index (χ4v) is 2.44. The molecule has 2 rings (SSSR count). The number of fused-ring (bicyclic) bond motifs is 1. The number of carbonyl (C=O) groups is 1. The lowest BCUT2D eigenvalue weighted by molar-refractivity contribution is -0.274. The van der Waals surface area contributed by atoms with Crippen LogP contribution in [0.15, 0.2) is 18.2 Å². The molecule has 1 aromatic rings. The Balaban J connectivity index is 2.28. The maximum absolute atomic E-state index is 12.3. The Hall–Kier alpha value is -1.92. The van der Waals surface area contributed by atoms with Crippen LogP contribution < -0.4 is 9.64 Å². The molecule has 0 aliphatic carbocycles. The number of amides is 1. The first-order valence-electron chi connectivity index (χ1n) is 7.44. The summed E-state index contributed by atoms with van der Waals surface area (Å²) in [6.45, 7) is 5.78. The molecule has 0 N–H and O–H groups in total. The van der Waals surface area contributed by atoms with Gasteiger partial charge < -0.3 is 9.47 Å². The van der Waals surface area contributed by atoms with Crippen LogP contribution in [0.4, 0.5) is 23.7 Å². The maximum atomic E-state index is 12.3. The van der Waals surface area contributed by atoms with Gasteiger partial charge in [-0.25, -0.2) is 4.79 Å². The summed E-state index contributed by atoms with van der Waals surface area (Å²) in [5, 5.41) is 0. The van der Waals surface area contributed by atoms with E-state index in [0.29, 0.717) is 24.2 Å². The third-order valence-corrected chi connectivity index (χ3v) is 3.27. The minimum Gasteiger partial charge on any atom is -0.443 e. The third-order valence-electron chi connectivity index (χ3n) is 3.27. The molecule has 0 saturated carbocycles. The van der Waals surface area contributed by atoms with E-state index in [1.807, 2.05) is 0 Å². The van der Waals surface area contributed by atoms with Gasteiger partial charge in [0.15, 0.2) is 0 Å². The van der Waals surface area contributed by atoms with Gasteiger partial charge in [-0.05, 0) is 63.8 Å². The molecule has 0 fully saturated rings. The van der Waals surface area contributed by atoms with Crippen LogP contribution in [0.5, 0.6) is 5.75 Å². The summed E-state index contributed by atoms with van der Waals surface area (Å²) >= 11 is 0. The Kier molecular flexibility index (Phi) is 4.77. The van der Waals surface area contributed by atoms with Crippen molar-refractivity contribution in [3.8, 4) is 5.75 Å². The predicted octanol–water partition coefficient (Wildman–Crippen LogP) is 4.66. The number of anilines is 1. The van der Waals surface area contributed by atoms with Gasteiger partial charge in [-0.15, -0.1) is 13.2 Å². The van der Waals surface area contributed by atoms with Gasteiger partial charge in [0.25, 0.3) is 0 Å². The van der Waals surface area contributed by atoms with Crippen molar-refractivity contribution in [3.63, 3.8) is 0 Å². The number of aryl methyl sites for hydroxylation is 1. The first-order chi connectivity index (χ1) is 10.6. The quantitative estimate of drug-likeness (QED) is 0.751. The van der Waals surface area contributed by atoms with Crippen molar-refractivity contribution in [3.05, 3.63) is 23.8 Å². The van der Waals surface area contributed by atoms with Crippen LogP contribution in [0.3, 0.4) is 0 Å². The van der Waals surface area contributed by atoms with Crippen molar-refractivity contribution in [2.75, 3.05) is 11.4 Å². The smallest absolute Gasteiger partial charge is 0.443 e. The minimum atomic E-state index is -4.73. The van der Waals surface area contributed by atoms with E-state index in [1.165, 1.54) is 23.1 Å². The molecule has 1 aromatic carbocycles. The number of hydrogen-bond donors (Lipinski definition) is 0. The summed E-state index contributed by atoms with van der Waals surface area (Å²) in [7, 11) is 0.